The van der Waals surface area contributed by atoms with Gasteiger partial charge in [0.25, 0.3) is 0 Å². The lowest BCUT2D eigenvalue weighted by Gasteiger charge is -2.39. The molecule has 0 saturated carbocycles. The average molecular weight is 711 g/mol. The Morgan fingerprint density at radius 3 is 1.36 bits per heavy atom. The predicted octanol–water partition coefficient (Wildman–Crippen LogP) is 11.3. The standard InChI is InChI=1S/C14H12S3.C12H11F13O2/c1-9-3-5-11(15-9)13-7-8-14(17-13)12-6-4-10(2)16-12;1-2-5-27-6(26)3-4-7(13,14)8(15,16)9(17,18)10(19,20)11(21,22)12(23,24)25/h3-8H,1-2H3;2-5H2,1H3. The molecule has 3 rings (SSSR count). The predicted molar refractivity (Wildman–Crippen MR) is 142 cm³/mol. The Morgan fingerprint density at radius 2 is 1.00 bits per heavy atom. The Hall–Kier alpha value is -2.34. The van der Waals surface area contributed by atoms with Crippen LogP contribution in [0, 0.1) is 13.8 Å². The van der Waals surface area contributed by atoms with E-state index < -0.39 is 61.2 Å². The highest BCUT2D eigenvalue weighted by molar-refractivity contribution is 7.26. The Labute approximate surface area is 254 Å². The SMILES string of the molecule is CCCOC(=O)CCC(F)(F)C(F)(F)C(F)(F)C(F)(F)C(F)(F)C(F)(F)F.Cc1ccc(-c2ccc(-c3ccc(C)s3)s2)s1. The Balaban J connectivity index is 0.000000335. The molecule has 18 heteroatoms. The number of carbonyl (C=O) groups is 1. The molecule has 2 nitrogen and oxygen atoms in total. The van der Waals surface area contributed by atoms with Crippen molar-refractivity contribution in [2.45, 2.75) is 75.8 Å². The van der Waals surface area contributed by atoms with Gasteiger partial charge in [-0.05, 0) is 56.7 Å². The van der Waals surface area contributed by atoms with Crippen molar-refractivity contribution < 1.29 is 66.6 Å². The molecule has 248 valence electrons. The smallest absolute Gasteiger partial charge is 0.460 e. The van der Waals surface area contributed by atoms with Gasteiger partial charge in [0.15, 0.2) is 0 Å². The molecule has 0 bridgehead atoms. The summed E-state index contributed by atoms with van der Waals surface area (Å²) in [5.41, 5.74) is 0. The molecule has 0 radical (unpaired) electrons. The number of halogens is 13. The molecule has 3 aromatic heterocycles. The summed E-state index contributed by atoms with van der Waals surface area (Å²) in [6, 6.07) is 13.3. The second-order valence-electron chi connectivity index (χ2n) is 9.20. The van der Waals surface area contributed by atoms with Crippen LogP contribution in [0.4, 0.5) is 57.1 Å². The zero-order valence-electron chi connectivity index (χ0n) is 22.7. The molecular weight excluding hydrogens is 687 g/mol. The molecule has 0 aromatic carbocycles. The summed E-state index contributed by atoms with van der Waals surface area (Å²) in [7, 11) is 0. The topological polar surface area (TPSA) is 26.3 Å². The second-order valence-corrected chi connectivity index (χ2v) is 12.9. The van der Waals surface area contributed by atoms with E-state index in [0.717, 1.165) is 0 Å². The second kappa shape index (κ2) is 13.6. The molecule has 0 amide bonds. The van der Waals surface area contributed by atoms with Crippen molar-refractivity contribution in [2.75, 3.05) is 6.61 Å². The zero-order chi connectivity index (χ0) is 33.9. The van der Waals surface area contributed by atoms with E-state index in [1.54, 1.807) is 0 Å². The van der Waals surface area contributed by atoms with Crippen molar-refractivity contribution in [2.24, 2.45) is 0 Å². The first-order valence-electron chi connectivity index (χ1n) is 12.3. The first-order chi connectivity index (χ1) is 19.9. The lowest BCUT2D eigenvalue weighted by Crippen LogP contribution is -2.70. The van der Waals surface area contributed by atoms with Crippen molar-refractivity contribution in [1.29, 1.82) is 0 Å². The van der Waals surface area contributed by atoms with Crippen molar-refractivity contribution in [1.82, 2.24) is 0 Å². The molecule has 0 saturated heterocycles. The van der Waals surface area contributed by atoms with Crippen LogP contribution in [0.1, 0.15) is 35.9 Å². The average Bonchev–Trinajstić information content (AvgIpc) is 3.66. The Kier molecular flexibility index (Phi) is 11.7. The number of hydrogen-bond donors (Lipinski definition) is 0. The molecule has 3 aromatic rings. The molecule has 0 N–H and O–H groups in total. The highest BCUT2D eigenvalue weighted by Crippen LogP contribution is 2.60. The van der Waals surface area contributed by atoms with Gasteiger partial charge in [-0.25, -0.2) is 0 Å². The quantitative estimate of drug-likeness (QED) is 0.146. The van der Waals surface area contributed by atoms with Gasteiger partial charge in [0, 0.05) is 35.7 Å². The van der Waals surface area contributed by atoms with Crippen molar-refractivity contribution in [3.05, 3.63) is 46.2 Å². The third-order valence-electron chi connectivity index (χ3n) is 5.68. The number of esters is 1. The molecule has 0 aliphatic heterocycles. The molecule has 0 aliphatic rings. The monoisotopic (exact) mass is 710 g/mol. The molecule has 0 atom stereocenters. The van der Waals surface area contributed by atoms with E-state index in [-0.39, 0.29) is 6.42 Å². The third kappa shape index (κ3) is 7.71. The van der Waals surface area contributed by atoms with Gasteiger partial charge in [-0.15, -0.1) is 34.0 Å². The maximum Gasteiger partial charge on any atom is 0.460 e. The lowest BCUT2D eigenvalue weighted by atomic mass is 9.92. The normalized spacial score (nSPS) is 13.5. The number of thiophene rings is 3. The van der Waals surface area contributed by atoms with Crippen LogP contribution >= 0.6 is 34.0 Å². The van der Waals surface area contributed by atoms with Crippen molar-refractivity contribution >= 4 is 40.0 Å². The molecule has 0 fully saturated rings. The molecule has 0 aliphatic carbocycles. The number of ether oxygens (including phenoxy) is 1. The van der Waals surface area contributed by atoms with Crippen LogP contribution in [-0.2, 0) is 9.53 Å². The number of rotatable bonds is 11. The summed E-state index contributed by atoms with van der Waals surface area (Å²) in [4.78, 5) is 19.2. The molecular formula is C26H23F13O2S3. The van der Waals surface area contributed by atoms with Gasteiger partial charge < -0.3 is 4.74 Å². The van der Waals surface area contributed by atoms with E-state index in [1.165, 1.54) is 36.2 Å². The third-order valence-corrected chi connectivity index (χ3v) is 9.16. The van der Waals surface area contributed by atoms with Crippen LogP contribution in [0.5, 0.6) is 0 Å². The maximum atomic E-state index is 13.3. The van der Waals surface area contributed by atoms with Gasteiger partial charge in [-0.2, -0.15) is 57.1 Å². The van der Waals surface area contributed by atoms with E-state index >= 15 is 0 Å². The molecule has 3 heterocycles. The summed E-state index contributed by atoms with van der Waals surface area (Å²) >= 11 is 5.62. The van der Waals surface area contributed by atoms with Gasteiger partial charge in [-0.1, -0.05) is 6.92 Å². The minimum atomic E-state index is -7.94. The highest BCUT2D eigenvalue weighted by Gasteiger charge is 2.90. The van der Waals surface area contributed by atoms with Crippen LogP contribution in [0.15, 0.2) is 36.4 Å². The first kappa shape index (κ1) is 37.8. The van der Waals surface area contributed by atoms with Gasteiger partial charge >= 0.3 is 41.8 Å². The molecule has 0 unspecified atom stereocenters. The van der Waals surface area contributed by atoms with Gasteiger partial charge in [0.1, 0.15) is 0 Å². The fraction of sp³-hybridized carbons (Fsp3) is 0.500. The first-order valence-corrected chi connectivity index (χ1v) is 14.7. The Morgan fingerprint density at radius 1 is 0.614 bits per heavy atom. The van der Waals surface area contributed by atoms with Gasteiger partial charge in [0.2, 0.25) is 0 Å². The summed E-state index contributed by atoms with van der Waals surface area (Å²) in [6.45, 7) is 5.34. The van der Waals surface area contributed by atoms with Crippen LogP contribution < -0.4 is 0 Å². The van der Waals surface area contributed by atoms with Crippen LogP contribution in [-0.4, -0.2) is 48.4 Å². The summed E-state index contributed by atoms with van der Waals surface area (Å²) in [5, 5.41) is 0. The number of aryl methyl sites for hydroxylation is 2. The van der Waals surface area contributed by atoms with Crippen LogP contribution in [0.3, 0.4) is 0 Å². The minimum Gasteiger partial charge on any atom is -0.466 e. The summed E-state index contributed by atoms with van der Waals surface area (Å²) < 4.78 is 170. The van der Waals surface area contributed by atoms with Crippen LogP contribution in [0.25, 0.3) is 19.5 Å². The van der Waals surface area contributed by atoms with Crippen molar-refractivity contribution in [3.63, 3.8) is 0 Å². The largest absolute Gasteiger partial charge is 0.466 e. The zero-order valence-corrected chi connectivity index (χ0v) is 25.2. The summed E-state index contributed by atoms with van der Waals surface area (Å²) in [5.74, 6) is -38.8. The van der Waals surface area contributed by atoms with Gasteiger partial charge in [0.05, 0.1) is 13.0 Å². The number of alkyl halides is 13. The number of hydrogen-bond acceptors (Lipinski definition) is 5. The fourth-order valence-corrected chi connectivity index (χ4v) is 6.16. The van der Waals surface area contributed by atoms with Crippen molar-refractivity contribution in [3.8, 4) is 19.5 Å². The van der Waals surface area contributed by atoms with E-state index in [4.69, 9.17) is 0 Å². The highest BCUT2D eigenvalue weighted by atomic mass is 32.1. The summed E-state index contributed by atoms with van der Waals surface area (Å²) in [6.07, 6.45) is -11.6. The van der Waals surface area contributed by atoms with E-state index in [9.17, 15) is 61.9 Å². The maximum absolute atomic E-state index is 13.3. The molecule has 44 heavy (non-hydrogen) atoms. The lowest BCUT2D eigenvalue weighted by molar-refractivity contribution is -0.440. The number of carbonyl (C=O) groups excluding carboxylic acids is 1. The van der Waals surface area contributed by atoms with Crippen LogP contribution in [0.2, 0.25) is 0 Å². The van der Waals surface area contributed by atoms with Gasteiger partial charge in [-0.3, -0.25) is 4.79 Å². The van der Waals surface area contributed by atoms with E-state index in [0.29, 0.717) is 0 Å². The van der Waals surface area contributed by atoms with E-state index in [1.807, 2.05) is 34.0 Å². The Bertz CT molecular complexity index is 1330. The fourth-order valence-electron chi connectivity index (χ4n) is 3.24. The minimum absolute atomic E-state index is 0.134. The van der Waals surface area contributed by atoms with E-state index in [2.05, 4.69) is 55.0 Å². The molecule has 0 spiro atoms.